The summed E-state index contributed by atoms with van der Waals surface area (Å²) in [7, 11) is 0. The van der Waals surface area contributed by atoms with Gasteiger partial charge in [0, 0.05) is 49.9 Å². The molecule has 5 heteroatoms. The van der Waals surface area contributed by atoms with Crippen molar-refractivity contribution >= 4 is 17.5 Å². The fourth-order valence-corrected chi connectivity index (χ4v) is 3.39. The third-order valence-electron chi connectivity index (χ3n) is 4.97. The minimum atomic E-state index is -0.0759. The third-order valence-corrected chi connectivity index (χ3v) is 5.22. The van der Waals surface area contributed by atoms with Crippen molar-refractivity contribution in [3.63, 3.8) is 0 Å². The van der Waals surface area contributed by atoms with Crippen molar-refractivity contribution < 1.29 is 4.79 Å². The van der Waals surface area contributed by atoms with Gasteiger partial charge >= 0.3 is 0 Å². The predicted octanol–water partition coefficient (Wildman–Crippen LogP) is 3.41. The van der Waals surface area contributed by atoms with Gasteiger partial charge in [-0.3, -0.25) is 9.69 Å². The number of likely N-dealkylation sites (N-methyl/N-ethyl adjacent to an activating group) is 1. The number of halogens is 1. The molecule has 0 spiro atoms. The zero-order chi connectivity index (χ0) is 18.4. The topological polar surface area (TPSA) is 35.6 Å². The third kappa shape index (κ3) is 5.07. The fraction of sp³-hybridized carbons (Fsp3) is 0.381. The first-order valence-electron chi connectivity index (χ1n) is 9.21. The molecule has 26 heavy (non-hydrogen) atoms. The number of hydrogen-bond acceptors (Lipinski definition) is 3. The normalized spacial score (nSPS) is 15.8. The van der Waals surface area contributed by atoms with Crippen LogP contribution in [0.2, 0.25) is 5.02 Å². The van der Waals surface area contributed by atoms with Gasteiger partial charge in [-0.1, -0.05) is 42.8 Å². The predicted molar refractivity (Wildman–Crippen MR) is 106 cm³/mol. The molecule has 0 unspecified atom stereocenters. The van der Waals surface area contributed by atoms with E-state index in [0.717, 1.165) is 39.3 Å². The molecule has 3 rings (SSSR count). The number of rotatable bonds is 6. The second kappa shape index (κ2) is 9.17. The van der Waals surface area contributed by atoms with E-state index in [2.05, 4.69) is 40.2 Å². The number of nitrogens with zero attached hydrogens (tertiary/aromatic N) is 2. The summed E-state index contributed by atoms with van der Waals surface area (Å²) >= 11 is 5.88. The number of hydrogen-bond donors (Lipinski definition) is 1. The summed E-state index contributed by atoms with van der Waals surface area (Å²) in [6.45, 7) is 9.27. The number of amides is 1. The first kappa shape index (κ1) is 18.9. The quantitative estimate of drug-likeness (QED) is 0.845. The summed E-state index contributed by atoms with van der Waals surface area (Å²) in [5.74, 6) is -0.0759. The molecule has 2 aromatic carbocycles. The first-order valence-corrected chi connectivity index (χ1v) is 9.58. The lowest BCUT2D eigenvalue weighted by molar-refractivity contribution is 0.0950. The molecule has 1 fully saturated rings. The molecule has 1 aliphatic heterocycles. The highest BCUT2D eigenvalue weighted by Crippen LogP contribution is 2.14. The minimum Gasteiger partial charge on any atom is -0.348 e. The van der Waals surface area contributed by atoms with Crippen LogP contribution >= 0.6 is 11.6 Å². The second-order valence-corrected chi connectivity index (χ2v) is 7.11. The van der Waals surface area contributed by atoms with Gasteiger partial charge in [-0.05, 0) is 41.9 Å². The Kier molecular flexibility index (Phi) is 6.67. The maximum Gasteiger partial charge on any atom is 0.251 e. The molecule has 1 saturated heterocycles. The average molecular weight is 372 g/mol. The summed E-state index contributed by atoms with van der Waals surface area (Å²) in [5.41, 5.74) is 3.09. The minimum absolute atomic E-state index is 0.0759. The molecule has 1 amide bonds. The molecule has 1 aliphatic rings. The molecule has 4 nitrogen and oxygen atoms in total. The largest absolute Gasteiger partial charge is 0.348 e. The van der Waals surface area contributed by atoms with E-state index >= 15 is 0 Å². The van der Waals surface area contributed by atoms with Crippen LogP contribution in [0.4, 0.5) is 0 Å². The summed E-state index contributed by atoms with van der Waals surface area (Å²) in [4.78, 5) is 17.3. The van der Waals surface area contributed by atoms with Gasteiger partial charge in [0.05, 0.1) is 0 Å². The molecule has 0 atom stereocenters. The van der Waals surface area contributed by atoms with E-state index < -0.39 is 0 Å². The van der Waals surface area contributed by atoms with Crippen LogP contribution in [0.25, 0.3) is 0 Å². The first-order chi connectivity index (χ1) is 12.7. The van der Waals surface area contributed by atoms with Crippen LogP contribution in [0.3, 0.4) is 0 Å². The molecule has 2 aromatic rings. The van der Waals surface area contributed by atoms with Crippen molar-refractivity contribution in [1.29, 1.82) is 0 Å². The van der Waals surface area contributed by atoms with Gasteiger partial charge in [-0.25, -0.2) is 0 Å². The van der Waals surface area contributed by atoms with Crippen LogP contribution in [0.5, 0.6) is 0 Å². The summed E-state index contributed by atoms with van der Waals surface area (Å²) in [5, 5.41) is 3.65. The van der Waals surface area contributed by atoms with Crippen LogP contribution in [0, 0.1) is 0 Å². The van der Waals surface area contributed by atoms with Crippen molar-refractivity contribution in [2.75, 3.05) is 32.7 Å². The SMILES string of the molecule is CCN1CCN(Cc2ccccc2CNC(=O)c2ccc(Cl)cc2)CC1. The lowest BCUT2D eigenvalue weighted by atomic mass is 10.1. The van der Waals surface area contributed by atoms with E-state index in [4.69, 9.17) is 11.6 Å². The Morgan fingerprint density at radius 2 is 1.58 bits per heavy atom. The Balaban J connectivity index is 1.58. The van der Waals surface area contributed by atoms with Crippen molar-refractivity contribution in [3.8, 4) is 0 Å². The highest BCUT2D eigenvalue weighted by Gasteiger charge is 2.16. The van der Waals surface area contributed by atoms with Crippen molar-refractivity contribution in [1.82, 2.24) is 15.1 Å². The van der Waals surface area contributed by atoms with Crippen LogP contribution in [0.15, 0.2) is 48.5 Å². The monoisotopic (exact) mass is 371 g/mol. The Labute approximate surface area is 160 Å². The zero-order valence-electron chi connectivity index (χ0n) is 15.2. The molecular formula is C21H26ClN3O. The van der Waals surface area contributed by atoms with Crippen LogP contribution < -0.4 is 5.32 Å². The zero-order valence-corrected chi connectivity index (χ0v) is 16.0. The van der Waals surface area contributed by atoms with E-state index in [9.17, 15) is 4.79 Å². The second-order valence-electron chi connectivity index (χ2n) is 6.67. The van der Waals surface area contributed by atoms with Crippen molar-refractivity contribution in [3.05, 3.63) is 70.2 Å². The summed E-state index contributed by atoms with van der Waals surface area (Å²) in [6, 6.07) is 15.3. The average Bonchev–Trinajstić information content (AvgIpc) is 2.68. The van der Waals surface area contributed by atoms with Gasteiger partial charge < -0.3 is 10.2 Å². The molecule has 0 radical (unpaired) electrons. The van der Waals surface area contributed by atoms with Crippen LogP contribution in [-0.4, -0.2) is 48.4 Å². The lowest BCUT2D eigenvalue weighted by Gasteiger charge is -2.34. The van der Waals surface area contributed by atoms with E-state index in [1.165, 1.54) is 11.1 Å². The van der Waals surface area contributed by atoms with Crippen LogP contribution in [0.1, 0.15) is 28.4 Å². The molecule has 0 saturated carbocycles. The molecular weight excluding hydrogens is 346 g/mol. The highest BCUT2D eigenvalue weighted by atomic mass is 35.5. The van der Waals surface area contributed by atoms with Crippen LogP contribution in [-0.2, 0) is 13.1 Å². The number of piperazine rings is 1. The smallest absolute Gasteiger partial charge is 0.251 e. The fourth-order valence-electron chi connectivity index (χ4n) is 3.27. The van der Waals surface area contributed by atoms with Gasteiger partial charge in [0.15, 0.2) is 0 Å². The molecule has 1 N–H and O–H groups in total. The molecule has 0 aliphatic carbocycles. The number of benzene rings is 2. The van der Waals surface area contributed by atoms with Gasteiger partial charge in [0.25, 0.3) is 5.91 Å². The summed E-state index contributed by atoms with van der Waals surface area (Å²) < 4.78 is 0. The van der Waals surface area contributed by atoms with Crippen molar-refractivity contribution in [2.24, 2.45) is 0 Å². The number of carbonyl (C=O) groups excluding carboxylic acids is 1. The maximum atomic E-state index is 12.3. The number of carbonyl (C=O) groups is 1. The van der Waals surface area contributed by atoms with E-state index in [0.29, 0.717) is 17.1 Å². The maximum absolute atomic E-state index is 12.3. The van der Waals surface area contributed by atoms with E-state index in [1.54, 1.807) is 24.3 Å². The van der Waals surface area contributed by atoms with Crippen molar-refractivity contribution in [2.45, 2.75) is 20.0 Å². The Hall–Kier alpha value is -1.88. The van der Waals surface area contributed by atoms with Gasteiger partial charge in [-0.15, -0.1) is 0 Å². The van der Waals surface area contributed by atoms with Gasteiger partial charge in [-0.2, -0.15) is 0 Å². The molecule has 0 bridgehead atoms. The lowest BCUT2D eigenvalue weighted by Crippen LogP contribution is -2.45. The molecule has 138 valence electrons. The van der Waals surface area contributed by atoms with E-state index in [1.807, 2.05) is 6.07 Å². The Morgan fingerprint density at radius 3 is 2.23 bits per heavy atom. The molecule has 0 aromatic heterocycles. The van der Waals surface area contributed by atoms with E-state index in [-0.39, 0.29) is 5.91 Å². The number of nitrogens with one attached hydrogen (secondary N) is 1. The standard InChI is InChI=1S/C21H26ClN3O/c1-2-24-11-13-25(14-12-24)16-19-6-4-3-5-18(19)15-23-21(26)17-7-9-20(22)10-8-17/h3-10H,2,11-16H2,1H3,(H,23,26). The van der Waals surface area contributed by atoms with Gasteiger partial charge in [0.1, 0.15) is 0 Å². The Bertz CT molecular complexity index is 724. The Morgan fingerprint density at radius 1 is 0.962 bits per heavy atom. The summed E-state index contributed by atoms with van der Waals surface area (Å²) in [6.07, 6.45) is 0. The highest BCUT2D eigenvalue weighted by molar-refractivity contribution is 6.30. The van der Waals surface area contributed by atoms with Gasteiger partial charge in [0.2, 0.25) is 0 Å². The molecule has 1 heterocycles.